The van der Waals surface area contributed by atoms with Crippen LogP contribution in [0.25, 0.3) is 0 Å². The van der Waals surface area contributed by atoms with Gasteiger partial charge < -0.3 is 14.8 Å². The van der Waals surface area contributed by atoms with E-state index in [1.165, 1.54) is 5.56 Å². The number of hydrogen-bond acceptors (Lipinski definition) is 4. The van der Waals surface area contributed by atoms with Crippen molar-refractivity contribution in [3.8, 4) is 11.5 Å². The third kappa shape index (κ3) is 5.16. The summed E-state index contributed by atoms with van der Waals surface area (Å²) in [7, 11) is 0. The molecule has 2 aromatic carbocycles. The number of ether oxygens (including phenoxy) is 2. The fourth-order valence-corrected chi connectivity index (χ4v) is 2.72. The molecule has 0 aliphatic carbocycles. The van der Waals surface area contributed by atoms with Crippen LogP contribution in [0.3, 0.4) is 0 Å². The zero-order valence-electron chi connectivity index (χ0n) is 15.2. The molecule has 0 aliphatic heterocycles. The van der Waals surface area contributed by atoms with Gasteiger partial charge in [0.2, 0.25) is 0 Å². The lowest BCUT2D eigenvalue weighted by Gasteiger charge is -2.17. The maximum absolute atomic E-state index is 11.8. The van der Waals surface area contributed by atoms with Crippen molar-refractivity contribution < 1.29 is 14.3 Å². The molecule has 0 aromatic heterocycles. The minimum absolute atomic E-state index is 0.128. The van der Waals surface area contributed by atoms with E-state index in [9.17, 15) is 4.79 Å². The normalized spacial score (nSPS) is 10.4. The lowest BCUT2D eigenvalue weighted by Crippen LogP contribution is -2.10. The van der Waals surface area contributed by atoms with E-state index < -0.39 is 0 Å². The highest BCUT2D eigenvalue weighted by Gasteiger charge is 2.13. The molecule has 0 unspecified atom stereocenters. The number of thioether (sulfide) groups is 1. The SMILES string of the molecule is CCOc1cccc(COc2ccc(CC)cc2C)c1NC(=O)SC. The predicted molar refractivity (Wildman–Crippen MR) is 105 cm³/mol. The van der Waals surface area contributed by atoms with Crippen molar-refractivity contribution in [3.63, 3.8) is 0 Å². The molecule has 5 heteroatoms. The van der Waals surface area contributed by atoms with Crippen LogP contribution in [0.1, 0.15) is 30.5 Å². The van der Waals surface area contributed by atoms with Crippen LogP contribution < -0.4 is 14.8 Å². The van der Waals surface area contributed by atoms with Crippen molar-refractivity contribution in [2.45, 2.75) is 33.8 Å². The monoisotopic (exact) mass is 359 g/mol. The first-order valence-electron chi connectivity index (χ1n) is 8.41. The minimum Gasteiger partial charge on any atom is -0.492 e. The Bertz CT molecular complexity index is 731. The van der Waals surface area contributed by atoms with Gasteiger partial charge in [0.15, 0.2) is 0 Å². The predicted octanol–water partition coefficient (Wildman–Crippen LogP) is 5.43. The number of amides is 1. The summed E-state index contributed by atoms with van der Waals surface area (Å²) in [6.45, 7) is 6.99. The second-order valence-corrected chi connectivity index (χ2v) is 6.36. The van der Waals surface area contributed by atoms with Crippen LogP contribution in [0.4, 0.5) is 10.5 Å². The largest absolute Gasteiger partial charge is 0.492 e. The highest BCUT2D eigenvalue weighted by Crippen LogP contribution is 2.31. The topological polar surface area (TPSA) is 47.6 Å². The molecule has 0 saturated carbocycles. The molecule has 134 valence electrons. The molecule has 25 heavy (non-hydrogen) atoms. The molecule has 1 N–H and O–H groups in total. The molecule has 0 radical (unpaired) electrons. The van der Waals surface area contributed by atoms with Crippen LogP contribution in [0.5, 0.6) is 11.5 Å². The summed E-state index contributed by atoms with van der Waals surface area (Å²) in [6, 6.07) is 11.9. The number of aryl methyl sites for hydroxylation is 2. The lowest BCUT2D eigenvalue weighted by atomic mass is 10.1. The second-order valence-electron chi connectivity index (χ2n) is 5.58. The molecule has 0 heterocycles. The summed E-state index contributed by atoms with van der Waals surface area (Å²) >= 11 is 1.13. The molecule has 0 bridgehead atoms. The van der Waals surface area contributed by atoms with Crippen LogP contribution in [-0.2, 0) is 13.0 Å². The third-order valence-electron chi connectivity index (χ3n) is 3.86. The Balaban J connectivity index is 2.23. The Morgan fingerprint density at radius 3 is 2.56 bits per heavy atom. The zero-order chi connectivity index (χ0) is 18.2. The van der Waals surface area contributed by atoms with E-state index in [0.717, 1.165) is 35.1 Å². The van der Waals surface area contributed by atoms with E-state index in [-0.39, 0.29) is 5.24 Å². The van der Waals surface area contributed by atoms with Crippen molar-refractivity contribution >= 4 is 22.7 Å². The molecule has 2 rings (SSSR count). The van der Waals surface area contributed by atoms with Gasteiger partial charge in [-0.25, -0.2) is 0 Å². The van der Waals surface area contributed by atoms with Gasteiger partial charge in [-0.1, -0.05) is 43.0 Å². The average molecular weight is 359 g/mol. The smallest absolute Gasteiger partial charge is 0.283 e. The van der Waals surface area contributed by atoms with Crippen LogP contribution in [0, 0.1) is 6.92 Å². The van der Waals surface area contributed by atoms with Crippen LogP contribution in [0.2, 0.25) is 0 Å². The fraction of sp³-hybridized carbons (Fsp3) is 0.350. The first-order chi connectivity index (χ1) is 12.1. The Hall–Kier alpha value is -2.14. The molecule has 0 aliphatic rings. The van der Waals surface area contributed by atoms with E-state index in [4.69, 9.17) is 9.47 Å². The first-order valence-corrected chi connectivity index (χ1v) is 9.63. The molecule has 2 aromatic rings. The molecule has 4 nitrogen and oxygen atoms in total. The molecule has 0 spiro atoms. The lowest BCUT2D eigenvalue weighted by molar-refractivity contribution is 0.269. The Kier molecular flexibility index (Phi) is 7.19. The highest BCUT2D eigenvalue weighted by atomic mass is 32.2. The van der Waals surface area contributed by atoms with Gasteiger partial charge in [0.1, 0.15) is 18.1 Å². The first kappa shape index (κ1) is 19.2. The van der Waals surface area contributed by atoms with E-state index in [2.05, 4.69) is 24.4 Å². The van der Waals surface area contributed by atoms with Gasteiger partial charge in [0.25, 0.3) is 5.24 Å². The van der Waals surface area contributed by atoms with Crippen molar-refractivity contribution in [2.75, 3.05) is 18.2 Å². The van der Waals surface area contributed by atoms with E-state index in [1.54, 1.807) is 6.26 Å². The number of benzene rings is 2. The number of hydrogen-bond donors (Lipinski definition) is 1. The summed E-state index contributed by atoms with van der Waals surface area (Å²) in [5.41, 5.74) is 3.95. The van der Waals surface area contributed by atoms with Gasteiger partial charge in [0.05, 0.1) is 12.3 Å². The molecule has 0 atom stereocenters. The Labute approximate surface area is 153 Å². The Morgan fingerprint density at radius 2 is 1.92 bits per heavy atom. The van der Waals surface area contributed by atoms with Gasteiger partial charge in [-0.3, -0.25) is 4.79 Å². The van der Waals surface area contributed by atoms with E-state index in [0.29, 0.717) is 24.7 Å². The molecular formula is C20H25NO3S. The van der Waals surface area contributed by atoms with Crippen molar-refractivity contribution in [3.05, 3.63) is 53.1 Å². The summed E-state index contributed by atoms with van der Waals surface area (Å²) in [5, 5.41) is 2.77. The van der Waals surface area contributed by atoms with Crippen molar-refractivity contribution in [1.29, 1.82) is 0 Å². The molecular weight excluding hydrogens is 334 g/mol. The van der Waals surface area contributed by atoms with Gasteiger partial charge in [0, 0.05) is 5.56 Å². The van der Waals surface area contributed by atoms with Crippen LogP contribution >= 0.6 is 11.8 Å². The maximum atomic E-state index is 11.8. The summed E-state index contributed by atoms with van der Waals surface area (Å²) in [5.74, 6) is 1.50. The van der Waals surface area contributed by atoms with Gasteiger partial charge in [-0.15, -0.1) is 0 Å². The number of carbonyl (C=O) groups excluding carboxylic acids is 1. The molecule has 1 amide bonds. The van der Waals surface area contributed by atoms with Crippen molar-refractivity contribution in [1.82, 2.24) is 0 Å². The second kappa shape index (κ2) is 9.37. The molecule has 0 fully saturated rings. The summed E-state index contributed by atoms with van der Waals surface area (Å²) in [4.78, 5) is 11.8. The number of carbonyl (C=O) groups is 1. The average Bonchev–Trinajstić information content (AvgIpc) is 2.62. The van der Waals surface area contributed by atoms with Gasteiger partial charge in [-0.05, 0) is 49.8 Å². The summed E-state index contributed by atoms with van der Waals surface area (Å²) < 4.78 is 11.6. The Morgan fingerprint density at radius 1 is 1.12 bits per heavy atom. The number of para-hydroxylation sites is 1. The maximum Gasteiger partial charge on any atom is 0.283 e. The standard InChI is InChI=1S/C20H25NO3S/c1-5-15-10-11-17(14(3)12-15)24-13-16-8-7-9-18(23-6-2)19(16)21-20(22)25-4/h7-12H,5-6,13H2,1-4H3,(H,21,22). The molecule has 0 saturated heterocycles. The van der Waals surface area contributed by atoms with Crippen LogP contribution in [-0.4, -0.2) is 18.1 Å². The van der Waals surface area contributed by atoms with Crippen molar-refractivity contribution in [2.24, 2.45) is 0 Å². The number of rotatable bonds is 7. The number of nitrogens with one attached hydrogen (secondary N) is 1. The van der Waals surface area contributed by atoms with Gasteiger partial charge >= 0.3 is 0 Å². The number of anilines is 1. The quantitative estimate of drug-likeness (QED) is 0.716. The zero-order valence-corrected chi connectivity index (χ0v) is 16.0. The van der Waals surface area contributed by atoms with E-state index >= 15 is 0 Å². The highest BCUT2D eigenvalue weighted by molar-refractivity contribution is 8.13. The van der Waals surface area contributed by atoms with Crippen LogP contribution in [0.15, 0.2) is 36.4 Å². The fourth-order valence-electron chi connectivity index (χ4n) is 2.52. The van der Waals surface area contributed by atoms with E-state index in [1.807, 2.05) is 38.1 Å². The summed E-state index contributed by atoms with van der Waals surface area (Å²) in [6.07, 6.45) is 2.75. The third-order valence-corrected chi connectivity index (χ3v) is 4.33. The van der Waals surface area contributed by atoms with Gasteiger partial charge in [-0.2, -0.15) is 0 Å². The minimum atomic E-state index is -0.128.